The molecule has 0 heterocycles. The van der Waals surface area contributed by atoms with Gasteiger partial charge in [0.1, 0.15) is 0 Å². The van der Waals surface area contributed by atoms with Gasteiger partial charge in [-0.05, 0) is 43.1 Å². The highest BCUT2D eigenvalue weighted by molar-refractivity contribution is 5.20. The van der Waals surface area contributed by atoms with Crippen LogP contribution in [0.2, 0.25) is 0 Å². The van der Waals surface area contributed by atoms with Crippen molar-refractivity contribution in [2.75, 3.05) is 0 Å². The van der Waals surface area contributed by atoms with Gasteiger partial charge in [-0.15, -0.1) is 0 Å². The summed E-state index contributed by atoms with van der Waals surface area (Å²) < 4.78 is 0. The molecule has 92 valence electrons. The number of hydrogen-bond acceptors (Lipinski definition) is 2. The lowest BCUT2D eigenvalue weighted by atomic mass is 9.58. The molecule has 1 aromatic carbocycles. The van der Waals surface area contributed by atoms with E-state index in [1.807, 2.05) is 18.2 Å². The van der Waals surface area contributed by atoms with Gasteiger partial charge in [-0.25, -0.2) is 0 Å². The maximum atomic E-state index is 11.0. The maximum Gasteiger partial charge on any atom is 0.0868 e. The summed E-state index contributed by atoms with van der Waals surface area (Å²) in [6.07, 6.45) is 5.45. The monoisotopic (exact) mass is 231 g/mol. The predicted molar refractivity (Wildman–Crippen MR) is 68.5 cm³/mol. The van der Waals surface area contributed by atoms with Gasteiger partial charge in [0.05, 0.1) is 5.60 Å². The molecule has 2 atom stereocenters. The summed E-state index contributed by atoms with van der Waals surface area (Å²) in [5, 5.41) is 11.0. The quantitative estimate of drug-likeness (QED) is 0.819. The number of fused-ring (bicyclic) bond motifs is 3. The molecule has 0 aliphatic heterocycles. The molecule has 2 nitrogen and oxygen atoms in total. The van der Waals surface area contributed by atoms with Gasteiger partial charge < -0.3 is 10.8 Å². The first-order valence-electron chi connectivity index (χ1n) is 6.72. The van der Waals surface area contributed by atoms with Gasteiger partial charge >= 0.3 is 0 Å². The number of hydrogen-bond donors (Lipinski definition) is 2. The Kier molecular flexibility index (Phi) is 2.72. The van der Waals surface area contributed by atoms with Gasteiger partial charge in [0.15, 0.2) is 0 Å². The molecule has 0 unspecified atom stereocenters. The van der Waals surface area contributed by atoms with Crippen LogP contribution in [-0.2, 0) is 6.42 Å². The van der Waals surface area contributed by atoms with E-state index in [0.717, 1.165) is 19.3 Å². The van der Waals surface area contributed by atoms with Crippen LogP contribution in [0.3, 0.4) is 0 Å². The van der Waals surface area contributed by atoms with Gasteiger partial charge in [-0.1, -0.05) is 30.3 Å². The molecular weight excluding hydrogens is 210 g/mol. The molecule has 0 spiro atoms. The molecule has 0 aromatic heterocycles. The Morgan fingerprint density at radius 2 is 1.76 bits per heavy atom. The fraction of sp³-hybridized carbons (Fsp3) is 0.600. The molecule has 4 rings (SSSR count). The van der Waals surface area contributed by atoms with Crippen LogP contribution in [0.1, 0.15) is 31.2 Å². The smallest absolute Gasteiger partial charge is 0.0868 e. The lowest BCUT2D eigenvalue weighted by Gasteiger charge is -2.53. The zero-order valence-corrected chi connectivity index (χ0v) is 10.2. The third-order valence-corrected chi connectivity index (χ3v) is 4.89. The van der Waals surface area contributed by atoms with Crippen LogP contribution in [0.15, 0.2) is 30.3 Å². The predicted octanol–water partition coefficient (Wildman–Crippen LogP) is 2.11. The minimum absolute atomic E-state index is 0.0322. The van der Waals surface area contributed by atoms with Gasteiger partial charge in [0.25, 0.3) is 0 Å². The zero-order valence-electron chi connectivity index (χ0n) is 10.2. The van der Waals surface area contributed by atoms with Crippen molar-refractivity contribution in [1.82, 2.24) is 0 Å². The number of rotatable bonds is 2. The van der Waals surface area contributed by atoms with Crippen molar-refractivity contribution in [1.29, 1.82) is 0 Å². The Bertz CT molecular complexity index is 379. The molecule has 3 N–H and O–H groups in total. The van der Waals surface area contributed by atoms with Crippen LogP contribution in [0.4, 0.5) is 0 Å². The van der Waals surface area contributed by atoms with E-state index in [2.05, 4.69) is 12.1 Å². The average Bonchev–Trinajstić information content (AvgIpc) is 2.37. The van der Waals surface area contributed by atoms with Crippen LogP contribution in [0, 0.1) is 11.8 Å². The molecule has 0 radical (unpaired) electrons. The first-order valence-corrected chi connectivity index (χ1v) is 6.72. The SMILES string of the molecule is N[C@@H]1C2CCC(CC2)[C@@]1(O)Cc1ccccc1. The normalized spacial score (nSPS) is 40.5. The molecule has 3 fully saturated rings. The van der Waals surface area contributed by atoms with E-state index in [-0.39, 0.29) is 6.04 Å². The van der Waals surface area contributed by atoms with Gasteiger partial charge in [-0.3, -0.25) is 0 Å². The molecule has 2 heteroatoms. The van der Waals surface area contributed by atoms with E-state index in [9.17, 15) is 5.11 Å². The lowest BCUT2D eigenvalue weighted by Crippen LogP contribution is -2.63. The number of aliphatic hydroxyl groups is 1. The van der Waals surface area contributed by atoms with E-state index in [0.29, 0.717) is 11.8 Å². The zero-order chi connectivity index (χ0) is 11.9. The van der Waals surface area contributed by atoms with Crippen LogP contribution in [-0.4, -0.2) is 16.7 Å². The van der Waals surface area contributed by atoms with Crippen LogP contribution >= 0.6 is 0 Å². The maximum absolute atomic E-state index is 11.0. The highest BCUT2D eigenvalue weighted by Gasteiger charge is 2.51. The minimum Gasteiger partial charge on any atom is -0.388 e. The van der Waals surface area contributed by atoms with E-state index in [1.54, 1.807) is 0 Å². The second-order valence-corrected chi connectivity index (χ2v) is 5.79. The molecular formula is C15H21NO. The van der Waals surface area contributed by atoms with E-state index >= 15 is 0 Å². The second-order valence-electron chi connectivity index (χ2n) is 5.79. The summed E-state index contributed by atoms with van der Waals surface area (Å²) >= 11 is 0. The van der Waals surface area contributed by atoms with Crippen molar-refractivity contribution in [2.24, 2.45) is 17.6 Å². The standard InChI is InChI=1S/C15H21NO/c16-14-12-6-8-13(9-7-12)15(14,17)10-11-4-2-1-3-5-11/h1-5,12-14,17H,6-10,16H2/t12?,13?,14-,15+/m1/s1. The summed E-state index contributed by atoms with van der Waals surface area (Å²) in [7, 11) is 0. The summed E-state index contributed by atoms with van der Waals surface area (Å²) in [4.78, 5) is 0. The van der Waals surface area contributed by atoms with Gasteiger partial charge in [0.2, 0.25) is 0 Å². The molecule has 2 bridgehead atoms. The van der Waals surface area contributed by atoms with Crippen molar-refractivity contribution in [2.45, 2.75) is 43.7 Å². The van der Waals surface area contributed by atoms with E-state index < -0.39 is 5.60 Å². The Balaban J connectivity index is 1.85. The first kappa shape index (κ1) is 11.2. The highest BCUT2D eigenvalue weighted by Crippen LogP contribution is 2.47. The third kappa shape index (κ3) is 1.80. The van der Waals surface area contributed by atoms with Crippen LogP contribution in [0.25, 0.3) is 0 Å². The average molecular weight is 231 g/mol. The van der Waals surface area contributed by atoms with Crippen LogP contribution in [0.5, 0.6) is 0 Å². The van der Waals surface area contributed by atoms with E-state index in [4.69, 9.17) is 5.73 Å². The molecule has 0 saturated heterocycles. The second kappa shape index (κ2) is 4.11. The molecule has 0 amide bonds. The summed E-state index contributed by atoms with van der Waals surface area (Å²) in [6.45, 7) is 0. The molecule has 17 heavy (non-hydrogen) atoms. The van der Waals surface area contributed by atoms with Gasteiger partial charge in [0, 0.05) is 12.5 Å². The van der Waals surface area contributed by atoms with Crippen molar-refractivity contribution in [3.05, 3.63) is 35.9 Å². The lowest BCUT2D eigenvalue weighted by molar-refractivity contribution is -0.114. The largest absolute Gasteiger partial charge is 0.388 e. The van der Waals surface area contributed by atoms with Crippen LogP contribution < -0.4 is 5.73 Å². The van der Waals surface area contributed by atoms with Crippen molar-refractivity contribution < 1.29 is 5.11 Å². The molecule has 1 aromatic rings. The van der Waals surface area contributed by atoms with Gasteiger partial charge in [-0.2, -0.15) is 0 Å². The van der Waals surface area contributed by atoms with E-state index in [1.165, 1.54) is 18.4 Å². The minimum atomic E-state index is -0.664. The fourth-order valence-electron chi connectivity index (χ4n) is 3.84. The molecule has 3 aliphatic carbocycles. The Morgan fingerprint density at radius 3 is 2.35 bits per heavy atom. The first-order chi connectivity index (χ1) is 8.20. The summed E-state index contributed by atoms with van der Waals surface area (Å²) in [6, 6.07) is 10.2. The number of nitrogens with two attached hydrogens (primary N) is 1. The summed E-state index contributed by atoms with van der Waals surface area (Å²) in [5.41, 5.74) is 6.84. The fourth-order valence-corrected chi connectivity index (χ4v) is 3.84. The highest BCUT2D eigenvalue weighted by atomic mass is 16.3. The van der Waals surface area contributed by atoms with Crippen molar-refractivity contribution in [3.8, 4) is 0 Å². The Hall–Kier alpha value is -0.860. The molecule has 3 saturated carbocycles. The Morgan fingerprint density at radius 1 is 1.12 bits per heavy atom. The van der Waals surface area contributed by atoms with Crippen molar-refractivity contribution in [3.63, 3.8) is 0 Å². The molecule has 3 aliphatic rings. The Labute approximate surface area is 103 Å². The number of benzene rings is 1. The topological polar surface area (TPSA) is 46.2 Å². The summed E-state index contributed by atoms with van der Waals surface area (Å²) in [5.74, 6) is 0.941. The third-order valence-electron chi connectivity index (χ3n) is 4.89. The van der Waals surface area contributed by atoms with Crippen molar-refractivity contribution >= 4 is 0 Å².